The third kappa shape index (κ3) is 3.27. The summed E-state index contributed by atoms with van der Waals surface area (Å²) in [5, 5.41) is 8.67. The van der Waals surface area contributed by atoms with Crippen LogP contribution in [0.3, 0.4) is 0 Å². The molecule has 0 saturated heterocycles. The van der Waals surface area contributed by atoms with Gasteiger partial charge < -0.3 is 9.84 Å². The lowest BCUT2D eigenvalue weighted by Crippen LogP contribution is -2.36. The van der Waals surface area contributed by atoms with Crippen LogP contribution in [0.15, 0.2) is 18.2 Å². The fraction of sp³-hybridized carbons (Fsp3) is 0.462. The van der Waals surface area contributed by atoms with Gasteiger partial charge in [-0.05, 0) is 25.0 Å². The number of carbonyl (C=O) groups is 1. The molecule has 0 radical (unpaired) electrons. The van der Waals surface area contributed by atoms with Crippen LogP contribution in [0, 0.1) is 11.7 Å². The van der Waals surface area contributed by atoms with Crippen LogP contribution in [0.5, 0.6) is 0 Å². The summed E-state index contributed by atoms with van der Waals surface area (Å²) in [4.78, 5) is 10.6. The zero-order valence-corrected chi connectivity index (χ0v) is 10.3. The Morgan fingerprint density at radius 3 is 2.50 bits per heavy atom. The van der Waals surface area contributed by atoms with Gasteiger partial charge in [0.2, 0.25) is 0 Å². The molecule has 20 heavy (non-hydrogen) atoms. The molecule has 3 nitrogen and oxygen atoms in total. The Bertz CT molecular complexity index is 507. The molecule has 0 aliphatic heterocycles. The standard InChI is InChI=1S/C13H12F4O3/c14-11-5-9(13(15,16)17)2-1-7(11)6-20-10-3-8(4-10)12(18)19/h1-2,5,8,10H,3-4,6H2,(H,18,19). The lowest BCUT2D eigenvalue weighted by molar-refractivity contribution is -0.151. The molecule has 7 heteroatoms. The molecule has 1 aromatic rings. The zero-order valence-electron chi connectivity index (χ0n) is 10.3. The van der Waals surface area contributed by atoms with Gasteiger partial charge in [0, 0.05) is 5.56 Å². The molecule has 0 aromatic heterocycles. The van der Waals surface area contributed by atoms with Crippen molar-refractivity contribution in [1.29, 1.82) is 0 Å². The number of aliphatic carboxylic acids is 1. The molecule has 110 valence electrons. The van der Waals surface area contributed by atoms with Crippen molar-refractivity contribution in [2.75, 3.05) is 0 Å². The number of carboxylic acid groups (broad SMARTS) is 1. The second kappa shape index (κ2) is 5.40. The van der Waals surface area contributed by atoms with E-state index < -0.39 is 29.4 Å². The first kappa shape index (κ1) is 14.8. The summed E-state index contributed by atoms with van der Waals surface area (Å²) >= 11 is 0. The lowest BCUT2D eigenvalue weighted by Gasteiger charge is -2.32. The Morgan fingerprint density at radius 1 is 1.35 bits per heavy atom. The van der Waals surface area contributed by atoms with Gasteiger partial charge in [0.05, 0.1) is 24.2 Å². The first-order chi connectivity index (χ1) is 9.27. The van der Waals surface area contributed by atoms with E-state index in [0.717, 1.165) is 12.1 Å². The van der Waals surface area contributed by atoms with Crippen LogP contribution in [-0.4, -0.2) is 17.2 Å². The number of hydrogen-bond acceptors (Lipinski definition) is 2. The maximum absolute atomic E-state index is 13.5. The number of rotatable bonds is 4. The van der Waals surface area contributed by atoms with Crippen molar-refractivity contribution < 1.29 is 32.2 Å². The normalized spacial score (nSPS) is 22.4. The number of alkyl halides is 3. The van der Waals surface area contributed by atoms with Crippen molar-refractivity contribution in [3.05, 3.63) is 35.1 Å². The topological polar surface area (TPSA) is 46.5 Å². The quantitative estimate of drug-likeness (QED) is 0.867. The van der Waals surface area contributed by atoms with Crippen molar-refractivity contribution >= 4 is 5.97 Å². The number of carboxylic acids is 1. The zero-order chi connectivity index (χ0) is 14.9. The fourth-order valence-electron chi connectivity index (χ4n) is 1.95. The Labute approximate surface area is 112 Å². The molecule has 1 aliphatic carbocycles. The largest absolute Gasteiger partial charge is 0.481 e. The van der Waals surface area contributed by atoms with Gasteiger partial charge in [0.1, 0.15) is 5.82 Å². The predicted molar refractivity (Wildman–Crippen MR) is 60.3 cm³/mol. The van der Waals surface area contributed by atoms with Crippen LogP contribution in [0.1, 0.15) is 24.0 Å². The van der Waals surface area contributed by atoms with E-state index in [1.165, 1.54) is 0 Å². The average molecular weight is 292 g/mol. The summed E-state index contributed by atoms with van der Waals surface area (Å²) in [5.41, 5.74) is -1.02. The van der Waals surface area contributed by atoms with Crippen LogP contribution < -0.4 is 0 Å². The minimum Gasteiger partial charge on any atom is -0.481 e. The third-order valence-electron chi connectivity index (χ3n) is 3.30. The first-order valence-corrected chi connectivity index (χ1v) is 5.97. The molecule has 1 aliphatic rings. The van der Waals surface area contributed by atoms with Gasteiger partial charge in [-0.1, -0.05) is 6.07 Å². The molecule has 0 heterocycles. The smallest absolute Gasteiger partial charge is 0.416 e. The summed E-state index contributed by atoms with van der Waals surface area (Å²) < 4.78 is 55.8. The number of benzene rings is 1. The molecular weight excluding hydrogens is 280 g/mol. The highest BCUT2D eigenvalue weighted by atomic mass is 19.4. The minimum absolute atomic E-state index is 0.0248. The molecule has 2 rings (SSSR count). The molecule has 0 bridgehead atoms. The van der Waals surface area contributed by atoms with E-state index in [4.69, 9.17) is 9.84 Å². The molecule has 1 fully saturated rings. The van der Waals surface area contributed by atoms with Crippen LogP contribution in [0.2, 0.25) is 0 Å². The highest BCUT2D eigenvalue weighted by Gasteiger charge is 2.35. The summed E-state index contributed by atoms with van der Waals surface area (Å²) in [6, 6.07) is 2.26. The molecule has 1 aromatic carbocycles. The fourth-order valence-corrected chi connectivity index (χ4v) is 1.95. The van der Waals surface area contributed by atoms with Crippen molar-refractivity contribution in [2.24, 2.45) is 5.92 Å². The second-order valence-electron chi connectivity index (χ2n) is 4.74. The van der Waals surface area contributed by atoms with Crippen LogP contribution in [0.25, 0.3) is 0 Å². The number of ether oxygens (including phenoxy) is 1. The van der Waals surface area contributed by atoms with Gasteiger partial charge in [-0.3, -0.25) is 4.79 Å². The average Bonchev–Trinajstić information content (AvgIpc) is 2.26. The van der Waals surface area contributed by atoms with E-state index in [1.807, 2.05) is 0 Å². The molecule has 0 spiro atoms. The van der Waals surface area contributed by atoms with Crippen LogP contribution >= 0.6 is 0 Å². The SMILES string of the molecule is O=C(O)C1CC(OCc2ccc(C(F)(F)F)cc2F)C1. The summed E-state index contributed by atoms with van der Waals surface area (Å²) in [6.45, 7) is -0.166. The van der Waals surface area contributed by atoms with Gasteiger partial charge in [-0.25, -0.2) is 4.39 Å². The Balaban J connectivity index is 1.90. The Kier molecular flexibility index (Phi) is 3.99. The maximum atomic E-state index is 13.5. The second-order valence-corrected chi connectivity index (χ2v) is 4.74. The van der Waals surface area contributed by atoms with E-state index in [0.29, 0.717) is 18.9 Å². The molecule has 1 N–H and O–H groups in total. The maximum Gasteiger partial charge on any atom is 0.416 e. The molecule has 0 unspecified atom stereocenters. The van der Waals surface area contributed by atoms with Gasteiger partial charge >= 0.3 is 12.1 Å². The van der Waals surface area contributed by atoms with Crippen molar-refractivity contribution in [2.45, 2.75) is 31.7 Å². The van der Waals surface area contributed by atoms with E-state index in [1.54, 1.807) is 0 Å². The molecular formula is C13H12F4O3. The van der Waals surface area contributed by atoms with E-state index in [2.05, 4.69) is 0 Å². The van der Waals surface area contributed by atoms with Gasteiger partial charge in [0.25, 0.3) is 0 Å². The predicted octanol–water partition coefficient (Wildman–Crippen LogP) is 3.22. The van der Waals surface area contributed by atoms with E-state index >= 15 is 0 Å². The van der Waals surface area contributed by atoms with E-state index in [9.17, 15) is 22.4 Å². The highest BCUT2D eigenvalue weighted by Crippen LogP contribution is 2.32. The Morgan fingerprint density at radius 2 is 2.00 bits per heavy atom. The number of hydrogen-bond donors (Lipinski definition) is 1. The van der Waals surface area contributed by atoms with Crippen LogP contribution in [0.4, 0.5) is 17.6 Å². The summed E-state index contributed by atoms with van der Waals surface area (Å²) in [5.74, 6) is -2.32. The Hall–Kier alpha value is -1.63. The lowest BCUT2D eigenvalue weighted by atomic mass is 9.82. The van der Waals surface area contributed by atoms with E-state index in [-0.39, 0.29) is 18.3 Å². The number of halogens is 4. The molecule has 1 saturated carbocycles. The summed E-state index contributed by atoms with van der Waals surface area (Å²) in [7, 11) is 0. The van der Waals surface area contributed by atoms with Gasteiger partial charge in [-0.2, -0.15) is 13.2 Å². The third-order valence-corrected chi connectivity index (χ3v) is 3.30. The van der Waals surface area contributed by atoms with Gasteiger partial charge in [-0.15, -0.1) is 0 Å². The van der Waals surface area contributed by atoms with Crippen molar-refractivity contribution in [3.8, 4) is 0 Å². The minimum atomic E-state index is -4.58. The summed E-state index contributed by atoms with van der Waals surface area (Å²) in [6.07, 6.45) is -4.17. The highest BCUT2D eigenvalue weighted by molar-refractivity contribution is 5.71. The van der Waals surface area contributed by atoms with Gasteiger partial charge in [0.15, 0.2) is 0 Å². The molecule has 0 amide bonds. The monoisotopic (exact) mass is 292 g/mol. The van der Waals surface area contributed by atoms with Crippen LogP contribution in [-0.2, 0) is 22.3 Å². The van der Waals surface area contributed by atoms with Crippen molar-refractivity contribution in [1.82, 2.24) is 0 Å². The van der Waals surface area contributed by atoms with Crippen molar-refractivity contribution in [3.63, 3.8) is 0 Å². The first-order valence-electron chi connectivity index (χ1n) is 5.97. The molecule has 0 atom stereocenters.